The SMILES string of the molecule is COc1cccc(CCC(=O)Nc2ncc(Cc3ccc(OC)c(OC)c3)s2)c1. The van der Waals surface area contributed by atoms with Crippen molar-refractivity contribution in [3.8, 4) is 17.2 Å². The molecular weight excluding hydrogens is 388 g/mol. The fourth-order valence-electron chi connectivity index (χ4n) is 2.91. The Morgan fingerprint density at radius 2 is 1.83 bits per heavy atom. The Bertz CT molecular complexity index is 971. The van der Waals surface area contributed by atoms with E-state index < -0.39 is 0 Å². The normalized spacial score (nSPS) is 10.4. The van der Waals surface area contributed by atoms with Gasteiger partial charge in [0.15, 0.2) is 16.6 Å². The number of amides is 1. The summed E-state index contributed by atoms with van der Waals surface area (Å²) in [5.41, 5.74) is 2.15. The van der Waals surface area contributed by atoms with Crippen molar-refractivity contribution in [1.82, 2.24) is 4.98 Å². The van der Waals surface area contributed by atoms with E-state index in [-0.39, 0.29) is 5.91 Å². The van der Waals surface area contributed by atoms with E-state index in [9.17, 15) is 4.79 Å². The summed E-state index contributed by atoms with van der Waals surface area (Å²) >= 11 is 1.47. The molecule has 7 heteroatoms. The van der Waals surface area contributed by atoms with Crippen LogP contribution < -0.4 is 19.5 Å². The first-order valence-corrected chi connectivity index (χ1v) is 10.0. The van der Waals surface area contributed by atoms with Crippen molar-refractivity contribution in [1.29, 1.82) is 0 Å². The topological polar surface area (TPSA) is 69.7 Å². The van der Waals surface area contributed by atoms with Crippen LogP contribution in [-0.4, -0.2) is 32.2 Å². The lowest BCUT2D eigenvalue weighted by molar-refractivity contribution is -0.116. The van der Waals surface area contributed by atoms with E-state index in [0.717, 1.165) is 21.8 Å². The Balaban J connectivity index is 1.55. The largest absolute Gasteiger partial charge is 0.497 e. The maximum absolute atomic E-state index is 12.3. The highest BCUT2D eigenvalue weighted by molar-refractivity contribution is 7.15. The first-order chi connectivity index (χ1) is 14.1. The van der Waals surface area contributed by atoms with Crippen LogP contribution in [0.5, 0.6) is 17.2 Å². The zero-order valence-corrected chi connectivity index (χ0v) is 17.5. The summed E-state index contributed by atoms with van der Waals surface area (Å²) < 4.78 is 15.8. The molecule has 152 valence electrons. The first-order valence-electron chi connectivity index (χ1n) is 9.19. The van der Waals surface area contributed by atoms with Crippen molar-refractivity contribution in [3.05, 3.63) is 64.7 Å². The summed E-state index contributed by atoms with van der Waals surface area (Å²) in [6.45, 7) is 0. The second-order valence-corrected chi connectivity index (χ2v) is 7.51. The molecule has 6 nitrogen and oxygen atoms in total. The third kappa shape index (κ3) is 5.71. The summed E-state index contributed by atoms with van der Waals surface area (Å²) in [4.78, 5) is 17.6. The summed E-state index contributed by atoms with van der Waals surface area (Å²) in [5, 5.41) is 3.49. The number of nitrogens with zero attached hydrogens (tertiary/aromatic N) is 1. The third-order valence-electron chi connectivity index (χ3n) is 4.40. The van der Waals surface area contributed by atoms with Gasteiger partial charge in [-0.15, -0.1) is 11.3 Å². The van der Waals surface area contributed by atoms with Crippen LogP contribution in [0.15, 0.2) is 48.7 Å². The van der Waals surface area contributed by atoms with Gasteiger partial charge in [0.1, 0.15) is 5.75 Å². The quantitative estimate of drug-likeness (QED) is 0.566. The number of anilines is 1. The number of methoxy groups -OCH3 is 3. The Morgan fingerprint density at radius 1 is 1.00 bits per heavy atom. The Labute approximate surface area is 174 Å². The highest BCUT2D eigenvalue weighted by Crippen LogP contribution is 2.29. The van der Waals surface area contributed by atoms with E-state index in [1.165, 1.54) is 11.3 Å². The summed E-state index contributed by atoms with van der Waals surface area (Å²) in [6.07, 6.45) is 3.53. The molecule has 2 aromatic carbocycles. The minimum atomic E-state index is -0.0557. The maximum atomic E-state index is 12.3. The van der Waals surface area contributed by atoms with Gasteiger partial charge < -0.3 is 19.5 Å². The molecule has 0 aliphatic heterocycles. The molecule has 1 N–H and O–H groups in total. The van der Waals surface area contributed by atoms with Gasteiger partial charge in [0.05, 0.1) is 21.3 Å². The molecule has 1 amide bonds. The molecule has 1 aromatic heterocycles. The van der Waals surface area contributed by atoms with Crippen LogP contribution in [-0.2, 0) is 17.6 Å². The zero-order valence-electron chi connectivity index (χ0n) is 16.7. The molecule has 0 spiro atoms. The van der Waals surface area contributed by atoms with Gasteiger partial charge in [-0.25, -0.2) is 4.98 Å². The van der Waals surface area contributed by atoms with Gasteiger partial charge in [0, 0.05) is 23.9 Å². The van der Waals surface area contributed by atoms with E-state index in [0.29, 0.717) is 35.9 Å². The average Bonchev–Trinajstić information content (AvgIpc) is 3.18. The Hall–Kier alpha value is -3.06. The minimum absolute atomic E-state index is 0.0557. The van der Waals surface area contributed by atoms with E-state index in [1.54, 1.807) is 27.5 Å². The lowest BCUT2D eigenvalue weighted by Crippen LogP contribution is -2.12. The number of carbonyl (C=O) groups is 1. The Morgan fingerprint density at radius 3 is 2.59 bits per heavy atom. The van der Waals surface area contributed by atoms with Crippen LogP contribution in [0.4, 0.5) is 5.13 Å². The van der Waals surface area contributed by atoms with Gasteiger partial charge in [0.25, 0.3) is 0 Å². The zero-order chi connectivity index (χ0) is 20.6. The summed E-state index contributed by atoms with van der Waals surface area (Å²) in [6, 6.07) is 13.6. The van der Waals surface area contributed by atoms with Gasteiger partial charge in [-0.05, 0) is 41.8 Å². The third-order valence-corrected chi connectivity index (χ3v) is 5.31. The summed E-state index contributed by atoms with van der Waals surface area (Å²) in [5.74, 6) is 2.13. The predicted octanol–water partition coefficient (Wildman–Crippen LogP) is 4.33. The molecule has 0 atom stereocenters. The van der Waals surface area contributed by atoms with Crippen molar-refractivity contribution in [2.45, 2.75) is 19.3 Å². The number of nitrogens with one attached hydrogen (secondary N) is 1. The molecule has 0 aliphatic rings. The summed E-state index contributed by atoms with van der Waals surface area (Å²) in [7, 11) is 4.87. The number of thiazole rings is 1. The number of hydrogen-bond acceptors (Lipinski definition) is 6. The van der Waals surface area contributed by atoms with Gasteiger partial charge in [-0.3, -0.25) is 4.79 Å². The van der Waals surface area contributed by atoms with E-state index in [2.05, 4.69) is 10.3 Å². The van der Waals surface area contributed by atoms with Crippen LogP contribution in [0.3, 0.4) is 0 Å². The number of benzene rings is 2. The van der Waals surface area contributed by atoms with Crippen molar-refractivity contribution in [2.75, 3.05) is 26.6 Å². The highest BCUT2D eigenvalue weighted by atomic mass is 32.1. The average molecular weight is 413 g/mol. The van der Waals surface area contributed by atoms with E-state index in [1.807, 2.05) is 42.5 Å². The number of aryl methyl sites for hydroxylation is 1. The van der Waals surface area contributed by atoms with Crippen LogP contribution in [0.25, 0.3) is 0 Å². The van der Waals surface area contributed by atoms with Crippen LogP contribution in [0.2, 0.25) is 0 Å². The number of ether oxygens (including phenoxy) is 3. The van der Waals surface area contributed by atoms with Crippen LogP contribution in [0, 0.1) is 0 Å². The molecule has 0 saturated carbocycles. The van der Waals surface area contributed by atoms with Crippen molar-refractivity contribution in [3.63, 3.8) is 0 Å². The number of aromatic nitrogens is 1. The number of rotatable bonds is 9. The molecule has 0 unspecified atom stereocenters. The maximum Gasteiger partial charge on any atom is 0.226 e. The van der Waals surface area contributed by atoms with Crippen molar-refractivity contribution in [2.24, 2.45) is 0 Å². The molecule has 3 aromatic rings. The lowest BCUT2D eigenvalue weighted by atomic mass is 10.1. The molecule has 0 radical (unpaired) electrons. The van der Waals surface area contributed by atoms with Gasteiger partial charge >= 0.3 is 0 Å². The van der Waals surface area contributed by atoms with Gasteiger partial charge in [-0.1, -0.05) is 18.2 Å². The molecule has 1 heterocycles. The smallest absolute Gasteiger partial charge is 0.226 e. The fraction of sp³-hybridized carbons (Fsp3) is 0.273. The highest BCUT2D eigenvalue weighted by Gasteiger charge is 2.10. The van der Waals surface area contributed by atoms with Crippen LogP contribution >= 0.6 is 11.3 Å². The standard InChI is InChI=1S/C22H24N2O4S/c1-26-17-6-4-5-15(11-17)8-10-21(25)24-22-23-14-18(29-22)12-16-7-9-19(27-2)20(13-16)28-3/h4-7,9,11,13-14H,8,10,12H2,1-3H3,(H,23,24,25). The first kappa shape index (κ1) is 20.7. The van der Waals surface area contributed by atoms with Gasteiger partial charge in [0.2, 0.25) is 5.91 Å². The van der Waals surface area contributed by atoms with Gasteiger partial charge in [-0.2, -0.15) is 0 Å². The number of hydrogen-bond donors (Lipinski definition) is 1. The predicted molar refractivity (Wildman–Crippen MR) is 114 cm³/mol. The van der Waals surface area contributed by atoms with Crippen molar-refractivity contribution < 1.29 is 19.0 Å². The molecule has 0 fully saturated rings. The molecule has 0 saturated heterocycles. The minimum Gasteiger partial charge on any atom is -0.497 e. The molecular formula is C22H24N2O4S. The van der Waals surface area contributed by atoms with E-state index in [4.69, 9.17) is 14.2 Å². The molecule has 0 aliphatic carbocycles. The Kier molecular flexibility index (Phi) is 7.08. The lowest BCUT2D eigenvalue weighted by Gasteiger charge is -2.08. The van der Waals surface area contributed by atoms with Crippen molar-refractivity contribution >= 4 is 22.4 Å². The molecule has 0 bridgehead atoms. The second-order valence-electron chi connectivity index (χ2n) is 6.40. The fourth-order valence-corrected chi connectivity index (χ4v) is 3.77. The number of carbonyl (C=O) groups excluding carboxylic acids is 1. The monoisotopic (exact) mass is 412 g/mol. The molecule has 29 heavy (non-hydrogen) atoms. The van der Waals surface area contributed by atoms with Crippen LogP contribution in [0.1, 0.15) is 22.4 Å². The molecule has 3 rings (SSSR count). The van der Waals surface area contributed by atoms with E-state index >= 15 is 0 Å². The second kappa shape index (κ2) is 9.93.